The fourth-order valence-corrected chi connectivity index (χ4v) is 6.58. The number of carbonyl (C=O) groups is 2. The largest absolute Gasteiger partial charge is 0.351 e. The van der Waals surface area contributed by atoms with E-state index >= 15 is 0 Å². The molecule has 1 aliphatic carbocycles. The Morgan fingerprint density at radius 3 is 2.73 bits per heavy atom. The lowest BCUT2D eigenvalue weighted by Crippen LogP contribution is -2.60. The molecule has 0 aromatic heterocycles. The maximum absolute atomic E-state index is 13.4. The van der Waals surface area contributed by atoms with Gasteiger partial charge in [-0.05, 0) is 63.3 Å². The lowest BCUT2D eigenvalue weighted by Gasteiger charge is -2.50. The number of amides is 2. The van der Waals surface area contributed by atoms with Gasteiger partial charge in [0.15, 0.2) is 0 Å². The van der Waals surface area contributed by atoms with Crippen molar-refractivity contribution in [2.75, 3.05) is 33.2 Å². The molecule has 0 aromatic carbocycles. The monoisotopic (exact) mass is 419 g/mol. The van der Waals surface area contributed by atoms with Crippen molar-refractivity contribution < 1.29 is 9.59 Å². The van der Waals surface area contributed by atoms with Crippen molar-refractivity contribution in [1.82, 2.24) is 25.8 Å². The van der Waals surface area contributed by atoms with E-state index in [9.17, 15) is 9.59 Å². The van der Waals surface area contributed by atoms with E-state index < -0.39 is 0 Å². The summed E-state index contributed by atoms with van der Waals surface area (Å²) < 4.78 is 0. The molecule has 3 N–H and O–H groups in total. The summed E-state index contributed by atoms with van der Waals surface area (Å²) in [6.07, 6.45) is 4.88. The topological polar surface area (TPSA) is 76.7 Å². The van der Waals surface area contributed by atoms with Crippen LogP contribution in [0, 0.1) is 23.7 Å². The third kappa shape index (κ3) is 4.26. The van der Waals surface area contributed by atoms with Crippen LogP contribution >= 0.6 is 0 Å². The van der Waals surface area contributed by atoms with Crippen LogP contribution in [0.15, 0.2) is 0 Å². The predicted octanol–water partition coefficient (Wildman–Crippen LogP) is 1.00. The molecule has 8 atom stereocenters. The first-order chi connectivity index (χ1) is 14.4. The Labute approximate surface area is 181 Å². The number of hydrogen-bond acceptors (Lipinski definition) is 5. The number of nitrogens with one attached hydrogen (secondary N) is 3. The first-order valence-electron chi connectivity index (χ1n) is 12.2. The Balaban J connectivity index is 1.41. The molecular weight excluding hydrogens is 378 g/mol. The standard InChI is InChI=1S/C23H41N5O2/c1-5-28-9-8-24-21(28)22(29)26-17-7-6-14(2)18(12-17)19-11-16-13-25-15(3)10-20(16)27(4)23(19)30/h14-21,24-25H,5-13H2,1-4H3,(H,26,29). The van der Waals surface area contributed by atoms with Crippen molar-refractivity contribution in [2.24, 2.45) is 23.7 Å². The maximum Gasteiger partial charge on any atom is 0.252 e. The van der Waals surface area contributed by atoms with E-state index in [0.29, 0.717) is 35.7 Å². The fourth-order valence-electron chi connectivity index (χ4n) is 6.58. The van der Waals surface area contributed by atoms with Crippen LogP contribution in [0.2, 0.25) is 0 Å². The lowest BCUT2D eigenvalue weighted by atomic mass is 9.65. The molecule has 7 nitrogen and oxygen atoms in total. The summed E-state index contributed by atoms with van der Waals surface area (Å²) in [5.74, 6) is 1.98. The van der Waals surface area contributed by atoms with Crippen molar-refractivity contribution in [1.29, 1.82) is 0 Å². The molecule has 8 unspecified atom stereocenters. The molecule has 170 valence electrons. The van der Waals surface area contributed by atoms with Crippen molar-refractivity contribution in [3.8, 4) is 0 Å². The van der Waals surface area contributed by atoms with E-state index in [1.54, 1.807) is 0 Å². The Morgan fingerprint density at radius 1 is 1.17 bits per heavy atom. The second-order valence-corrected chi connectivity index (χ2v) is 10.3. The molecule has 4 rings (SSSR count). The lowest BCUT2D eigenvalue weighted by molar-refractivity contribution is -0.148. The molecule has 0 spiro atoms. The quantitative estimate of drug-likeness (QED) is 0.634. The third-order valence-corrected chi connectivity index (χ3v) is 8.46. The van der Waals surface area contributed by atoms with Crippen molar-refractivity contribution in [2.45, 2.75) is 77.2 Å². The molecule has 4 aliphatic rings. The van der Waals surface area contributed by atoms with Crippen LogP contribution in [0.4, 0.5) is 0 Å². The van der Waals surface area contributed by atoms with Crippen LogP contribution in [0.3, 0.4) is 0 Å². The summed E-state index contributed by atoms with van der Waals surface area (Å²) in [5, 5.41) is 10.3. The number of likely N-dealkylation sites (N-methyl/N-ethyl adjacent to an activating group) is 1. The molecule has 1 saturated carbocycles. The predicted molar refractivity (Wildman–Crippen MR) is 118 cm³/mol. The van der Waals surface area contributed by atoms with E-state index in [1.807, 2.05) is 7.05 Å². The molecule has 3 aliphatic heterocycles. The molecule has 3 saturated heterocycles. The first-order valence-corrected chi connectivity index (χ1v) is 12.2. The number of likely N-dealkylation sites (tertiary alicyclic amines) is 1. The highest BCUT2D eigenvalue weighted by Gasteiger charge is 2.47. The fraction of sp³-hybridized carbons (Fsp3) is 0.913. The Kier molecular flexibility index (Phi) is 6.70. The number of fused-ring (bicyclic) bond motifs is 1. The van der Waals surface area contributed by atoms with Gasteiger partial charge in [0.1, 0.15) is 6.17 Å². The van der Waals surface area contributed by atoms with Gasteiger partial charge in [-0.1, -0.05) is 13.8 Å². The molecular formula is C23H41N5O2. The normalized spacial score (nSPS) is 42.8. The van der Waals surface area contributed by atoms with Crippen LogP contribution in [-0.4, -0.2) is 79.1 Å². The second-order valence-electron chi connectivity index (χ2n) is 10.3. The number of hydrogen-bond donors (Lipinski definition) is 3. The van der Waals surface area contributed by atoms with Gasteiger partial charge in [-0.15, -0.1) is 0 Å². The van der Waals surface area contributed by atoms with Crippen molar-refractivity contribution in [3.63, 3.8) is 0 Å². The van der Waals surface area contributed by atoms with E-state index in [1.165, 1.54) is 0 Å². The summed E-state index contributed by atoms with van der Waals surface area (Å²) in [6.45, 7) is 10.3. The number of nitrogens with zero attached hydrogens (tertiary/aromatic N) is 2. The molecule has 4 fully saturated rings. The zero-order chi connectivity index (χ0) is 21.4. The van der Waals surface area contributed by atoms with E-state index in [4.69, 9.17) is 0 Å². The third-order valence-electron chi connectivity index (χ3n) is 8.46. The second kappa shape index (κ2) is 9.13. The minimum atomic E-state index is -0.202. The summed E-state index contributed by atoms with van der Waals surface area (Å²) in [7, 11) is 2.02. The number of piperidine rings is 2. The zero-order valence-electron chi connectivity index (χ0n) is 19.2. The van der Waals surface area contributed by atoms with Gasteiger partial charge in [-0.2, -0.15) is 0 Å². The smallest absolute Gasteiger partial charge is 0.252 e. The summed E-state index contributed by atoms with van der Waals surface area (Å²) >= 11 is 0. The number of rotatable bonds is 4. The molecule has 0 aromatic rings. The van der Waals surface area contributed by atoms with E-state index in [2.05, 4.69) is 46.5 Å². The first kappa shape index (κ1) is 22.0. The van der Waals surface area contributed by atoms with E-state index in [0.717, 1.165) is 58.3 Å². The van der Waals surface area contributed by atoms with Crippen molar-refractivity contribution >= 4 is 11.8 Å². The summed E-state index contributed by atoms with van der Waals surface area (Å²) in [5.41, 5.74) is 0. The van der Waals surface area contributed by atoms with Gasteiger partial charge in [-0.3, -0.25) is 19.8 Å². The molecule has 30 heavy (non-hydrogen) atoms. The Bertz CT molecular complexity index is 643. The molecule has 0 bridgehead atoms. The van der Waals surface area contributed by atoms with Crippen molar-refractivity contribution in [3.05, 3.63) is 0 Å². The van der Waals surface area contributed by atoms with Gasteiger partial charge in [0, 0.05) is 50.7 Å². The van der Waals surface area contributed by atoms with Gasteiger partial charge in [-0.25, -0.2) is 0 Å². The van der Waals surface area contributed by atoms with Gasteiger partial charge in [0.2, 0.25) is 5.91 Å². The van der Waals surface area contributed by atoms with Crippen LogP contribution in [0.1, 0.15) is 52.9 Å². The SMILES string of the molecule is CCN1CCNC1C(=O)NC1CCC(C)C(C2CC3CNC(C)CC3N(C)C2=O)C1. The van der Waals surface area contributed by atoms with Crippen LogP contribution < -0.4 is 16.0 Å². The highest BCUT2D eigenvalue weighted by atomic mass is 16.2. The Morgan fingerprint density at radius 2 is 1.97 bits per heavy atom. The summed E-state index contributed by atoms with van der Waals surface area (Å²) in [4.78, 5) is 30.5. The Hall–Kier alpha value is -1.18. The van der Waals surface area contributed by atoms with Crippen LogP contribution in [0.5, 0.6) is 0 Å². The zero-order valence-corrected chi connectivity index (χ0v) is 19.2. The van der Waals surface area contributed by atoms with E-state index in [-0.39, 0.29) is 24.0 Å². The average Bonchev–Trinajstić information content (AvgIpc) is 3.22. The highest BCUT2D eigenvalue weighted by molar-refractivity contribution is 5.82. The molecule has 7 heteroatoms. The average molecular weight is 420 g/mol. The molecule has 2 amide bonds. The minimum absolute atomic E-state index is 0.0953. The molecule has 3 heterocycles. The summed E-state index contributed by atoms with van der Waals surface area (Å²) in [6, 6.07) is 1.05. The van der Waals surface area contributed by atoms with Gasteiger partial charge in [0.05, 0.1) is 0 Å². The maximum atomic E-state index is 13.4. The van der Waals surface area contributed by atoms with Crippen LogP contribution in [0.25, 0.3) is 0 Å². The minimum Gasteiger partial charge on any atom is -0.351 e. The van der Waals surface area contributed by atoms with Gasteiger partial charge < -0.3 is 15.5 Å². The highest BCUT2D eigenvalue weighted by Crippen LogP contribution is 2.43. The van der Waals surface area contributed by atoms with Crippen LogP contribution in [-0.2, 0) is 9.59 Å². The number of carbonyl (C=O) groups excluding carboxylic acids is 2. The molecule has 0 radical (unpaired) electrons. The van der Waals surface area contributed by atoms with Gasteiger partial charge >= 0.3 is 0 Å². The van der Waals surface area contributed by atoms with Gasteiger partial charge in [0.25, 0.3) is 5.91 Å².